The number of rotatable bonds is 1. The van der Waals surface area contributed by atoms with Crippen molar-refractivity contribution in [2.45, 2.75) is 26.3 Å². The molecule has 0 saturated heterocycles. The normalized spacial score (nSPS) is 11.3. The van der Waals surface area contributed by atoms with E-state index >= 15 is 0 Å². The Balaban J connectivity index is 2.80. The van der Waals surface area contributed by atoms with Crippen LogP contribution in [0.3, 0.4) is 0 Å². The van der Waals surface area contributed by atoms with Crippen LogP contribution >= 0.6 is 15.9 Å². The summed E-state index contributed by atoms with van der Waals surface area (Å²) in [5.41, 5.74) is 8.43. The average Bonchev–Trinajstić information content (AvgIpc) is 2.28. The van der Waals surface area contributed by atoms with Crippen molar-refractivity contribution in [2.75, 3.05) is 11.1 Å². The Morgan fingerprint density at radius 3 is 2.63 bits per heavy atom. The zero-order valence-corrected chi connectivity index (χ0v) is 12.7. The quantitative estimate of drug-likeness (QED) is 0.787. The van der Waals surface area contributed by atoms with Crippen LogP contribution in [-0.2, 0) is 0 Å². The van der Waals surface area contributed by atoms with Crippen molar-refractivity contribution in [2.24, 2.45) is 0 Å². The van der Waals surface area contributed by atoms with Crippen LogP contribution in [0.2, 0.25) is 0 Å². The Hall–Kier alpha value is -1.80. The van der Waals surface area contributed by atoms with Crippen LogP contribution in [0.25, 0.3) is 10.9 Å². The number of hydrogen-bond acceptors (Lipinski definition) is 4. The number of halogens is 1. The lowest BCUT2D eigenvalue weighted by molar-refractivity contribution is 0.634. The monoisotopic (exact) mass is 318 g/mol. The topological polar surface area (TPSA) is 74.7 Å². The molecule has 2 rings (SSSR count). The minimum atomic E-state index is -0.156. The van der Waals surface area contributed by atoms with Crippen LogP contribution in [0, 0.1) is 11.3 Å². The predicted molar refractivity (Wildman–Crippen MR) is 81.9 cm³/mol. The molecule has 1 aromatic heterocycles. The summed E-state index contributed by atoms with van der Waals surface area (Å²) in [6.07, 6.45) is 1.58. The van der Waals surface area contributed by atoms with Gasteiger partial charge in [-0.15, -0.1) is 0 Å². The van der Waals surface area contributed by atoms with Crippen molar-refractivity contribution >= 4 is 38.2 Å². The van der Waals surface area contributed by atoms with Gasteiger partial charge in [-0.05, 0) is 48.8 Å². The van der Waals surface area contributed by atoms with Gasteiger partial charge in [0.2, 0.25) is 0 Å². The Bertz CT molecular complexity index is 680. The first-order valence-corrected chi connectivity index (χ1v) is 6.67. The number of benzene rings is 1. The number of fused-ring (bicyclic) bond motifs is 1. The van der Waals surface area contributed by atoms with Gasteiger partial charge >= 0.3 is 0 Å². The van der Waals surface area contributed by atoms with Crippen LogP contribution in [0.4, 0.5) is 11.4 Å². The fourth-order valence-electron chi connectivity index (χ4n) is 1.87. The van der Waals surface area contributed by atoms with Gasteiger partial charge in [0.1, 0.15) is 6.07 Å². The highest BCUT2D eigenvalue weighted by molar-refractivity contribution is 9.10. The largest absolute Gasteiger partial charge is 0.399 e. The molecule has 0 aliphatic heterocycles. The van der Waals surface area contributed by atoms with Crippen LogP contribution in [0.5, 0.6) is 0 Å². The Morgan fingerprint density at radius 2 is 2.05 bits per heavy atom. The molecular formula is C14H15BrN4. The highest BCUT2D eigenvalue weighted by Gasteiger charge is 2.17. The molecule has 2 aromatic rings. The Labute approximate surface area is 120 Å². The summed E-state index contributed by atoms with van der Waals surface area (Å²) in [7, 11) is 0. The van der Waals surface area contributed by atoms with Crippen LogP contribution in [0.15, 0.2) is 22.8 Å². The van der Waals surface area contributed by atoms with Crippen LogP contribution in [-0.4, -0.2) is 10.5 Å². The highest BCUT2D eigenvalue weighted by Crippen LogP contribution is 2.33. The molecule has 1 heterocycles. The standard InChI is InChI=1S/C14H15BrN4/c1-14(2,3)19-12-8(6-16)7-18-13-10(12)4-9(17)5-11(13)15/h4-5,7H,17H2,1-3H3,(H,18,19). The van der Waals surface area contributed by atoms with Crippen molar-refractivity contribution < 1.29 is 0 Å². The fourth-order valence-corrected chi connectivity index (χ4v) is 2.46. The first-order valence-electron chi connectivity index (χ1n) is 5.88. The maximum absolute atomic E-state index is 9.24. The highest BCUT2D eigenvalue weighted by atomic mass is 79.9. The average molecular weight is 319 g/mol. The molecule has 0 amide bonds. The summed E-state index contributed by atoms with van der Waals surface area (Å²) in [6, 6.07) is 5.81. The number of anilines is 2. The first kappa shape index (κ1) is 13.6. The molecule has 0 aliphatic rings. The van der Waals surface area contributed by atoms with Crippen molar-refractivity contribution in [1.82, 2.24) is 4.98 Å². The van der Waals surface area contributed by atoms with Gasteiger partial charge in [-0.2, -0.15) is 5.26 Å². The molecule has 5 heteroatoms. The lowest BCUT2D eigenvalue weighted by Gasteiger charge is -2.24. The van der Waals surface area contributed by atoms with E-state index in [2.05, 4.69) is 32.3 Å². The molecule has 3 N–H and O–H groups in total. The van der Waals surface area contributed by atoms with Gasteiger partial charge in [-0.3, -0.25) is 4.98 Å². The van der Waals surface area contributed by atoms with E-state index in [1.165, 1.54) is 0 Å². The second kappa shape index (κ2) is 4.71. The van der Waals surface area contributed by atoms with E-state index in [1.54, 1.807) is 6.20 Å². The van der Waals surface area contributed by atoms with Crippen molar-refractivity contribution in [3.05, 3.63) is 28.4 Å². The zero-order valence-electron chi connectivity index (χ0n) is 11.1. The SMILES string of the molecule is CC(C)(C)Nc1c(C#N)cnc2c(Br)cc(N)cc12. The second-order valence-electron chi connectivity index (χ2n) is 5.43. The van der Waals surface area contributed by atoms with Gasteiger partial charge in [0.15, 0.2) is 0 Å². The van der Waals surface area contributed by atoms with Gasteiger partial charge in [0.25, 0.3) is 0 Å². The molecule has 98 valence electrons. The molecule has 1 aromatic carbocycles. The third-order valence-electron chi connectivity index (χ3n) is 2.57. The maximum Gasteiger partial charge on any atom is 0.103 e. The molecule has 0 unspecified atom stereocenters. The minimum Gasteiger partial charge on any atom is -0.399 e. The number of nitrogens with two attached hydrogens (primary N) is 1. The fraction of sp³-hybridized carbons (Fsp3) is 0.286. The lowest BCUT2D eigenvalue weighted by atomic mass is 10.0. The van der Waals surface area contributed by atoms with E-state index in [-0.39, 0.29) is 5.54 Å². The van der Waals surface area contributed by atoms with Crippen molar-refractivity contribution in [3.63, 3.8) is 0 Å². The molecule has 0 radical (unpaired) electrons. The molecule has 4 nitrogen and oxygen atoms in total. The molecule has 0 fully saturated rings. The first-order chi connectivity index (χ1) is 8.81. The molecule has 0 saturated carbocycles. The lowest BCUT2D eigenvalue weighted by Crippen LogP contribution is -2.26. The number of hydrogen-bond donors (Lipinski definition) is 2. The molecule has 0 spiro atoms. The van der Waals surface area contributed by atoms with E-state index in [0.29, 0.717) is 11.3 Å². The molecule has 0 atom stereocenters. The number of nitriles is 1. The van der Waals surface area contributed by atoms with Crippen molar-refractivity contribution in [3.8, 4) is 6.07 Å². The van der Waals surface area contributed by atoms with E-state index < -0.39 is 0 Å². The van der Waals surface area contributed by atoms with Crippen molar-refractivity contribution in [1.29, 1.82) is 5.26 Å². The molecule has 0 aliphatic carbocycles. The van der Waals surface area contributed by atoms with E-state index in [4.69, 9.17) is 5.73 Å². The third-order valence-corrected chi connectivity index (χ3v) is 3.17. The summed E-state index contributed by atoms with van der Waals surface area (Å²) in [5.74, 6) is 0. The minimum absolute atomic E-state index is 0.156. The third kappa shape index (κ3) is 2.79. The maximum atomic E-state index is 9.24. The number of nitrogen functional groups attached to an aromatic ring is 1. The number of aromatic nitrogens is 1. The molecular weight excluding hydrogens is 304 g/mol. The summed E-state index contributed by atoms with van der Waals surface area (Å²) in [4.78, 5) is 4.32. The van der Waals surface area contributed by atoms with E-state index in [0.717, 1.165) is 21.1 Å². The van der Waals surface area contributed by atoms with E-state index in [9.17, 15) is 5.26 Å². The molecule has 0 bridgehead atoms. The van der Waals surface area contributed by atoms with E-state index in [1.807, 2.05) is 32.9 Å². The van der Waals surface area contributed by atoms with Gasteiger partial charge in [-0.1, -0.05) is 0 Å². The second-order valence-corrected chi connectivity index (χ2v) is 6.29. The smallest absolute Gasteiger partial charge is 0.103 e. The summed E-state index contributed by atoms with van der Waals surface area (Å²) < 4.78 is 0.823. The Kier molecular flexibility index (Phi) is 3.38. The number of pyridine rings is 1. The summed E-state index contributed by atoms with van der Waals surface area (Å²) in [6.45, 7) is 6.13. The number of nitrogens with one attached hydrogen (secondary N) is 1. The van der Waals surface area contributed by atoms with Crippen LogP contribution in [0.1, 0.15) is 26.3 Å². The Morgan fingerprint density at radius 1 is 1.37 bits per heavy atom. The van der Waals surface area contributed by atoms with Gasteiger partial charge < -0.3 is 11.1 Å². The van der Waals surface area contributed by atoms with Gasteiger partial charge in [-0.25, -0.2) is 0 Å². The molecule has 19 heavy (non-hydrogen) atoms. The summed E-state index contributed by atoms with van der Waals surface area (Å²) >= 11 is 3.45. The van der Waals surface area contributed by atoms with Crippen LogP contribution < -0.4 is 11.1 Å². The predicted octanol–water partition coefficient (Wildman–Crippen LogP) is 3.66. The van der Waals surface area contributed by atoms with Gasteiger partial charge in [0, 0.05) is 27.3 Å². The number of nitrogens with zero attached hydrogens (tertiary/aromatic N) is 2. The zero-order chi connectivity index (χ0) is 14.2. The van der Waals surface area contributed by atoms with Gasteiger partial charge in [0.05, 0.1) is 16.8 Å². The summed E-state index contributed by atoms with van der Waals surface area (Å²) in [5, 5.41) is 13.4.